The predicted molar refractivity (Wildman–Crippen MR) is 69.9 cm³/mol. The molecular formula is C13H12F3NO2S. The first-order valence-corrected chi connectivity index (χ1v) is 6.95. The molecule has 1 fully saturated rings. The van der Waals surface area contributed by atoms with Gasteiger partial charge < -0.3 is 4.90 Å². The van der Waals surface area contributed by atoms with Crippen molar-refractivity contribution in [1.29, 1.82) is 0 Å². The van der Waals surface area contributed by atoms with Crippen LogP contribution in [0.5, 0.6) is 0 Å². The van der Waals surface area contributed by atoms with Gasteiger partial charge in [0.2, 0.25) is 5.91 Å². The van der Waals surface area contributed by atoms with Crippen LogP contribution >= 0.6 is 11.8 Å². The fourth-order valence-electron chi connectivity index (χ4n) is 2.14. The van der Waals surface area contributed by atoms with Gasteiger partial charge in [-0.2, -0.15) is 0 Å². The summed E-state index contributed by atoms with van der Waals surface area (Å²) in [4.78, 5) is 23.7. The largest absolute Gasteiger partial charge is 0.307 e. The molecule has 0 radical (unpaired) electrons. The Labute approximate surface area is 118 Å². The summed E-state index contributed by atoms with van der Waals surface area (Å²) in [6.07, 6.45) is 0.122. The second-order valence-electron chi connectivity index (χ2n) is 4.60. The average molecular weight is 303 g/mol. The van der Waals surface area contributed by atoms with Gasteiger partial charge in [-0.1, -0.05) is 11.8 Å². The summed E-state index contributed by atoms with van der Waals surface area (Å²) in [6.45, 7) is 1.54. The second-order valence-corrected chi connectivity index (χ2v) is 5.79. The van der Waals surface area contributed by atoms with Gasteiger partial charge in [0.25, 0.3) is 0 Å². The van der Waals surface area contributed by atoms with Crippen molar-refractivity contribution in [1.82, 2.24) is 0 Å². The van der Waals surface area contributed by atoms with Gasteiger partial charge in [-0.05, 0) is 5.92 Å². The second kappa shape index (κ2) is 5.87. The third-order valence-electron chi connectivity index (χ3n) is 2.98. The smallest absolute Gasteiger partial charge is 0.227 e. The maximum atomic E-state index is 13.6. The third-order valence-corrected chi connectivity index (χ3v) is 4.02. The molecule has 1 aliphatic heterocycles. The highest BCUT2D eigenvalue weighted by Gasteiger charge is 2.34. The van der Waals surface area contributed by atoms with Crippen molar-refractivity contribution in [2.45, 2.75) is 13.3 Å². The quantitative estimate of drug-likeness (QED) is 0.861. The summed E-state index contributed by atoms with van der Waals surface area (Å²) >= 11 is 1.07. The number of carbonyl (C=O) groups is 2. The molecule has 0 spiro atoms. The van der Waals surface area contributed by atoms with E-state index in [9.17, 15) is 22.8 Å². The van der Waals surface area contributed by atoms with E-state index < -0.39 is 29.0 Å². The highest BCUT2D eigenvalue weighted by molar-refractivity contribution is 8.13. The molecule has 2 rings (SSSR count). The van der Waals surface area contributed by atoms with E-state index in [0.717, 1.165) is 16.7 Å². The maximum absolute atomic E-state index is 13.6. The van der Waals surface area contributed by atoms with Crippen LogP contribution in [0.25, 0.3) is 0 Å². The SMILES string of the molecule is CC(=O)SCC1CC(=O)N(c2c(F)cc(F)cc2F)C1. The predicted octanol–water partition coefficient (Wildman–Crippen LogP) is 2.74. The molecule has 1 saturated heterocycles. The van der Waals surface area contributed by atoms with Gasteiger partial charge in [-0.3, -0.25) is 9.59 Å². The molecule has 3 nitrogen and oxygen atoms in total. The van der Waals surface area contributed by atoms with E-state index in [1.807, 2.05) is 0 Å². The summed E-state index contributed by atoms with van der Waals surface area (Å²) in [5, 5.41) is -0.0740. The fourth-order valence-corrected chi connectivity index (χ4v) is 2.83. The van der Waals surface area contributed by atoms with E-state index in [4.69, 9.17) is 0 Å². The molecule has 0 N–H and O–H groups in total. The molecule has 0 saturated carbocycles. The van der Waals surface area contributed by atoms with Gasteiger partial charge in [0.1, 0.15) is 11.5 Å². The van der Waals surface area contributed by atoms with Crippen molar-refractivity contribution < 1.29 is 22.8 Å². The molecular weight excluding hydrogens is 291 g/mol. The van der Waals surface area contributed by atoms with E-state index in [2.05, 4.69) is 0 Å². The Bertz CT molecular complexity index is 542. The summed E-state index contributed by atoms with van der Waals surface area (Å²) in [7, 11) is 0. The van der Waals surface area contributed by atoms with E-state index in [0.29, 0.717) is 17.9 Å². The molecule has 108 valence electrons. The van der Waals surface area contributed by atoms with Gasteiger partial charge in [0.05, 0.1) is 0 Å². The number of halogens is 3. The standard InChI is InChI=1S/C13H12F3NO2S/c1-7(18)20-6-8-2-12(19)17(5-8)13-10(15)3-9(14)4-11(13)16/h3-4,8H,2,5-6H2,1H3. The molecule has 0 aliphatic carbocycles. The van der Waals surface area contributed by atoms with Crippen LogP contribution < -0.4 is 4.90 Å². The van der Waals surface area contributed by atoms with Gasteiger partial charge >= 0.3 is 0 Å². The van der Waals surface area contributed by atoms with Gasteiger partial charge in [0.15, 0.2) is 16.7 Å². The molecule has 7 heteroatoms. The Morgan fingerprint density at radius 1 is 1.35 bits per heavy atom. The number of amides is 1. The molecule has 1 atom stereocenters. The molecule has 1 unspecified atom stereocenters. The first kappa shape index (κ1) is 14.9. The molecule has 1 amide bonds. The van der Waals surface area contributed by atoms with Crippen molar-refractivity contribution in [2.24, 2.45) is 5.92 Å². The van der Waals surface area contributed by atoms with Gasteiger partial charge in [-0.15, -0.1) is 0 Å². The topological polar surface area (TPSA) is 37.4 Å². The van der Waals surface area contributed by atoms with Crippen molar-refractivity contribution >= 4 is 28.5 Å². The van der Waals surface area contributed by atoms with Crippen molar-refractivity contribution in [3.8, 4) is 0 Å². The number of nitrogens with zero attached hydrogens (tertiary/aromatic N) is 1. The normalized spacial score (nSPS) is 18.7. The van der Waals surface area contributed by atoms with Crippen LogP contribution in [-0.2, 0) is 9.59 Å². The highest BCUT2D eigenvalue weighted by Crippen LogP contribution is 2.31. The Hall–Kier alpha value is -1.50. The van der Waals surface area contributed by atoms with Crippen molar-refractivity contribution in [3.63, 3.8) is 0 Å². The van der Waals surface area contributed by atoms with Gasteiger partial charge in [-0.25, -0.2) is 13.2 Å². The lowest BCUT2D eigenvalue weighted by molar-refractivity contribution is -0.117. The van der Waals surface area contributed by atoms with Crippen LogP contribution in [0.15, 0.2) is 12.1 Å². The van der Waals surface area contributed by atoms with Crippen LogP contribution in [0.3, 0.4) is 0 Å². The first-order valence-electron chi connectivity index (χ1n) is 5.96. The van der Waals surface area contributed by atoms with Crippen LogP contribution in [0.1, 0.15) is 13.3 Å². The first-order chi connectivity index (χ1) is 9.38. The number of hydrogen-bond donors (Lipinski definition) is 0. The van der Waals surface area contributed by atoms with Crippen LogP contribution in [0.4, 0.5) is 18.9 Å². The average Bonchev–Trinajstić information content (AvgIpc) is 2.67. The zero-order chi connectivity index (χ0) is 14.9. The summed E-state index contributed by atoms with van der Waals surface area (Å²) < 4.78 is 40.1. The van der Waals surface area contributed by atoms with E-state index >= 15 is 0 Å². The lowest BCUT2D eigenvalue weighted by atomic mass is 10.1. The van der Waals surface area contributed by atoms with Crippen LogP contribution in [-0.4, -0.2) is 23.3 Å². The lowest BCUT2D eigenvalue weighted by Gasteiger charge is -2.18. The number of hydrogen-bond acceptors (Lipinski definition) is 3. The molecule has 1 aromatic carbocycles. The molecule has 1 aliphatic rings. The van der Waals surface area contributed by atoms with E-state index in [1.54, 1.807) is 0 Å². The Morgan fingerprint density at radius 2 is 1.95 bits per heavy atom. The van der Waals surface area contributed by atoms with Crippen LogP contribution in [0.2, 0.25) is 0 Å². The minimum atomic E-state index is -1.10. The zero-order valence-electron chi connectivity index (χ0n) is 10.7. The molecule has 0 bridgehead atoms. The highest BCUT2D eigenvalue weighted by atomic mass is 32.2. The summed E-state index contributed by atoms with van der Waals surface area (Å²) in [6, 6.07) is 1.09. The lowest BCUT2D eigenvalue weighted by Crippen LogP contribution is -2.27. The molecule has 1 heterocycles. The van der Waals surface area contributed by atoms with E-state index in [1.165, 1.54) is 6.92 Å². The van der Waals surface area contributed by atoms with Crippen molar-refractivity contribution in [2.75, 3.05) is 17.2 Å². The van der Waals surface area contributed by atoms with E-state index in [-0.39, 0.29) is 24.0 Å². The third kappa shape index (κ3) is 3.15. The van der Waals surface area contributed by atoms with Gasteiger partial charge in [0, 0.05) is 37.8 Å². The monoisotopic (exact) mass is 303 g/mol. The number of benzene rings is 1. The summed E-state index contributed by atoms with van der Waals surface area (Å²) in [5.74, 6) is -3.39. The Balaban J connectivity index is 2.18. The minimum Gasteiger partial charge on any atom is -0.307 e. The molecule has 20 heavy (non-hydrogen) atoms. The number of rotatable bonds is 3. The van der Waals surface area contributed by atoms with Crippen molar-refractivity contribution in [3.05, 3.63) is 29.6 Å². The number of thioether (sulfide) groups is 1. The molecule has 1 aromatic rings. The fraction of sp³-hybridized carbons (Fsp3) is 0.385. The number of anilines is 1. The number of carbonyl (C=O) groups excluding carboxylic acids is 2. The Morgan fingerprint density at radius 3 is 2.50 bits per heavy atom. The maximum Gasteiger partial charge on any atom is 0.227 e. The zero-order valence-corrected chi connectivity index (χ0v) is 11.5. The van der Waals surface area contributed by atoms with Crippen LogP contribution in [0, 0.1) is 23.4 Å². The Kier molecular flexibility index (Phi) is 4.37. The summed E-state index contributed by atoms with van der Waals surface area (Å²) in [5.41, 5.74) is -0.522. The minimum absolute atomic E-state index is 0.0740. The molecule has 0 aromatic heterocycles.